The van der Waals surface area contributed by atoms with E-state index >= 15 is 0 Å². The predicted octanol–water partition coefficient (Wildman–Crippen LogP) is 11.1. The number of rotatable bonds is 17. The normalized spacial score (nSPS) is 12.1. The van der Waals surface area contributed by atoms with Crippen molar-refractivity contribution in [2.45, 2.75) is 104 Å². The fourth-order valence-corrected chi connectivity index (χ4v) is 5.34. The molecule has 0 bridgehead atoms. The number of benzene rings is 3. The van der Waals surface area contributed by atoms with E-state index in [0.29, 0.717) is 30.6 Å². The Kier molecular flexibility index (Phi) is 15.0. The second-order valence-electron chi connectivity index (χ2n) is 11.7. The average Bonchev–Trinajstić information content (AvgIpc) is 3.06. The van der Waals surface area contributed by atoms with Gasteiger partial charge in [0.1, 0.15) is 5.75 Å². The second kappa shape index (κ2) is 18.9. The maximum atomic E-state index is 13.6. The second-order valence-corrected chi connectivity index (χ2v) is 11.7. The number of alkyl halides is 3. The zero-order valence-electron chi connectivity index (χ0n) is 27.4. The quantitative estimate of drug-likeness (QED) is 0.0624. The highest BCUT2D eigenvalue weighted by Crippen LogP contribution is 2.35. The number of ether oxygens (including phenoxy) is 3. The summed E-state index contributed by atoms with van der Waals surface area (Å²) in [6, 6.07) is 20.8. The smallest absolute Gasteiger partial charge is 0.427 e. The van der Waals surface area contributed by atoms with Gasteiger partial charge in [-0.2, -0.15) is 13.2 Å². The Bertz CT molecular complexity index is 1420. The average molecular weight is 655 g/mol. The van der Waals surface area contributed by atoms with Gasteiger partial charge in [0.15, 0.2) is 0 Å². The summed E-state index contributed by atoms with van der Waals surface area (Å²) in [6.45, 7) is 5.71. The molecule has 0 aliphatic carbocycles. The van der Waals surface area contributed by atoms with Crippen molar-refractivity contribution in [1.29, 1.82) is 0 Å². The molecule has 6 nitrogen and oxygen atoms in total. The molecule has 0 N–H and O–H groups in total. The Morgan fingerprint density at radius 1 is 0.723 bits per heavy atom. The number of halogens is 3. The highest BCUT2D eigenvalue weighted by molar-refractivity contribution is 5.98. The molecule has 47 heavy (non-hydrogen) atoms. The molecule has 0 fully saturated rings. The summed E-state index contributed by atoms with van der Waals surface area (Å²) >= 11 is 0. The van der Waals surface area contributed by atoms with Crippen LogP contribution in [0.3, 0.4) is 0 Å². The Hall–Kier alpha value is -4.14. The van der Waals surface area contributed by atoms with Crippen molar-refractivity contribution < 1.29 is 41.8 Å². The van der Waals surface area contributed by atoms with Crippen LogP contribution in [0.15, 0.2) is 72.8 Å². The van der Waals surface area contributed by atoms with Crippen LogP contribution in [0.1, 0.15) is 102 Å². The van der Waals surface area contributed by atoms with Crippen LogP contribution >= 0.6 is 0 Å². The highest BCUT2D eigenvalue weighted by Gasteiger charge is 2.44. The van der Waals surface area contributed by atoms with Crippen LogP contribution in [0.25, 0.3) is 22.3 Å². The van der Waals surface area contributed by atoms with E-state index in [4.69, 9.17) is 9.47 Å². The number of esters is 2. The van der Waals surface area contributed by atoms with Gasteiger partial charge in [0.2, 0.25) is 6.10 Å². The fourth-order valence-electron chi connectivity index (χ4n) is 5.34. The van der Waals surface area contributed by atoms with Gasteiger partial charge in [0.25, 0.3) is 0 Å². The summed E-state index contributed by atoms with van der Waals surface area (Å²) in [7, 11) is 0. The van der Waals surface area contributed by atoms with Gasteiger partial charge in [-0.25, -0.2) is 9.59 Å². The first-order valence-electron chi connectivity index (χ1n) is 16.6. The first-order valence-corrected chi connectivity index (χ1v) is 16.6. The van der Waals surface area contributed by atoms with Crippen LogP contribution in [-0.4, -0.2) is 30.4 Å². The third-order valence-electron chi connectivity index (χ3n) is 8.20. The lowest BCUT2D eigenvalue weighted by atomic mass is 9.93. The lowest BCUT2D eigenvalue weighted by Crippen LogP contribution is -2.36. The minimum absolute atomic E-state index is 0.0379. The first-order chi connectivity index (χ1) is 22.5. The molecule has 3 aromatic carbocycles. The SMILES string of the molecule is CCCCCCCCCC(=O)Oc1ccc(-c2ccc(C(=O)OC(=O)O[C@H](CC(CC)CC)C(F)(F)F)cc2-c2ccccc2)cc1. The van der Waals surface area contributed by atoms with Crippen LogP contribution in [0.5, 0.6) is 5.75 Å². The summed E-state index contributed by atoms with van der Waals surface area (Å²) in [5, 5.41) is 0. The van der Waals surface area contributed by atoms with Crippen molar-refractivity contribution in [3.05, 3.63) is 78.4 Å². The van der Waals surface area contributed by atoms with Crippen molar-refractivity contribution in [2.24, 2.45) is 5.92 Å². The molecule has 0 saturated heterocycles. The molecular formula is C38H45F3O6. The van der Waals surface area contributed by atoms with E-state index in [-0.39, 0.29) is 17.5 Å². The van der Waals surface area contributed by atoms with Gasteiger partial charge in [0, 0.05) is 6.42 Å². The van der Waals surface area contributed by atoms with Gasteiger partial charge in [-0.05, 0) is 65.3 Å². The summed E-state index contributed by atoms with van der Waals surface area (Å²) in [6.07, 6.45) is -0.203. The molecule has 3 rings (SSSR count). The number of hydrogen-bond acceptors (Lipinski definition) is 6. The van der Waals surface area contributed by atoms with Crippen molar-refractivity contribution >= 4 is 18.1 Å². The minimum atomic E-state index is -4.80. The van der Waals surface area contributed by atoms with Gasteiger partial charge < -0.3 is 14.2 Å². The zero-order chi connectivity index (χ0) is 34.2. The van der Waals surface area contributed by atoms with E-state index < -0.39 is 30.8 Å². The molecule has 0 aliphatic heterocycles. The van der Waals surface area contributed by atoms with Crippen LogP contribution in [0, 0.1) is 5.92 Å². The van der Waals surface area contributed by atoms with Gasteiger partial charge in [-0.1, -0.05) is 121 Å². The molecule has 0 unspecified atom stereocenters. The summed E-state index contributed by atoms with van der Waals surface area (Å²) in [5.74, 6) is -1.30. The van der Waals surface area contributed by atoms with Crippen molar-refractivity contribution in [3.8, 4) is 28.0 Å². The maximum Gasteiger partial charge on any atom is 0.517 e. The lowest BCUT2D eigenvalue weighted by molar-refractivity contribution is -0.212. The highest BCUT2D eigenvalue weighted by atomic mass is 19.4. The fraction of sp³-hybridized carbons (Fsp3) is 0.447. The summed E-state index contributed by atoms with van der Waals surface area (Å²) in [5.41, 5.74) is 2.85. The number of unbranched alkanes of at least 4 members (excludes halogenated alkanes) is 6. The molecule has 3 aromatic rings. The summed E-state index contributed by atoms with van der Waals surface area (Å²) in [4.78, 5) is 37.6. The third kappa shape index (κ3) is 12.2. The molecular weight excluding hydrogens is 609 g/mol. The number of carbonyl (C=O) groups is 3. The van der Waals surface area contributed by atoms with E-state index in [0.717, 1.165) is 36.0 Å². The van der Waals surface area contributed by atoms with Crippen LogP contribution in [-0.2, 0) is 14.3 Å². The van der Waals surface area contributed by atoms with E-state index in [9.17, 15) is 27.6 Å². The number of hydrogen-bond donors (Lipinski definition) is 0. The molecule has 0 spiro atoms. The van der Waals surface area contributed by atoms with E-state index in [1.54, 1.807) is 44.2 Å². The molecule has 0 aliphatic rings. The van der Waals surface area contributed by atoms with E-state index in [1.807, 2.05) is 30.3 Å². The van der Waals surface area contributed by atoms with Crippen LogP contribution in [0.2, 0.25) is 0 Å². The first kappa shape index (κ1) is 37.3. The third-order valence-corrected chi connectivity index (χ3v) is 8.20. The Labute approximate surface area is 275 Å². The molecule has 0 amide bonds. The number of carbonyl (C=O) groups excluding carboxylic acids is 3. The van der Waals surface area contributed by atoms with Crippen molar-refractivity contribution in [2.75, 3.05) is 0 Å². The Morgan fingerprint density at radius 2 is 1.34 bits per heavy atom. The Balaban J connectivity index is 1.71. The molecule has 9 heteroatoms. The molecule has 1 atom stereocenters. The standard InChI is InChI=1S/C38H45F3O6/c1-4-7-8-9-10-11-15-18-35(42)45-31-22-19-29(20-23-31)32-24-21-30(26-33(32)28-16-13-12-14-17-28)36(43)47-37(44)46-34(38(39,40)41)25-27(5-2)6-3/h12-14,16-17,19-24,26-27,34H,4-11,15,18,25H2,1-3H3/t34-/m1/s1. The van der Waals surface area contributed by atoms with E-state index in [1.165, 1.54) is 37.8 Å². The lowest BCUT2D eigenvalue weighted by Gasteiger charge is -2.23. The molecule has 0 radical (unpaired) electrons. The van der Waals surface area contributed by atoms with E-state index in [2.05, 4.69) is 11.7 Å². The van der Waals surface area contributed by atoms with Crippen LogP contribution in [0.4, 0.5) is 18.0 Å². The topological polar surface area (TPSA) is 78.9 Å². The van der Waals surface area contributed by atoms with Crippen LogP contribution < -0.4 is 4.74 Å². The predicted molar refractivity (Wildman–Crippen MR) is 176 cm³/mol. The van der Waals surface area contributed by atoms with Gasteiger partial charge in [-0.3, -0.25) is 4.79 Å². The molecule has 0 aromatic heterocycles. The van der Waals surface area contributed by atoms with Gasteiger partial charge in [-0.15, -0.1) is 0 Å². The maximum absolute atomic E-state index is 13.6. The molecule has 0 saturated carbocycles. The largest absolute Gasteiger partial charge is 0.517 e. The monoisotopic (exact) mass is 654 g/mol. The van der Waals surface area contributed by atoms with Gasteiger partial charge in [0.05, 0.1) is 5.56 Å². The van der Waals surface area contributed by atoms with Gasteiger partial charge >= 0.3 is 24.3 Å². The molecule has 254 valence electrons. The minimum Gasteiger partial charge on any atom is -0.427 e. The van der Waals surface area contributed by atoms with Crippen molar-refractivity contribution in [3.63, 3.8) is 0 Å². The Morgan fingerprint density at radius 3 is 1.96 bits per heavy atom. The van der Waals surface area contributed by atoms with Crippen molar-refractivity contribution in [1.82, 2.24) is 0 Å². The zero-order valence-corrected chi connectivity index (χ0v) is 27.4. The molecule has 0 heterocycles. The summed E-state index contributed by atoms with van der Waals surface area (Å²) < 4.78 is 55.5.